The third-order valence-electron chi connectivity index (χ3n) is 4.54. The largest absolute Gasteiger partial charge is 0.573 e. The molecule has 0 aliphatic heterocycles. The van der Waals surface area contributed by atoms with E-state index in [2.05, 4.69) is 25.3 Å². The number of anilines is 1. The fraction of sp³-hybridized carbons (Fsp3) is 0.130. The lowest BCUT2D eigenvalue weighted by Gasteiger charge is -2.10. The van der Waals surface area contributed by atoms with E-state index < -0.39 is 18.0 Å². The Morgan fingerprint density at radius 1 is 0.912 bits per heavy atom. The Morgan fingerprint density at radius 3 is 2.15 bits per heavy atom. The van der Waals surface area contributed by atoms with Crippen LogP contribution in [0.5, 0.6) is 17.4 Å². The summed E-state index contributed by atoms with van der Waals surface area (Å²) < 4.78 is 47.9. The number of carbonyl (C=O) groups excluding carboxylic acids is 1. The quantitative estimate of drug-likeness (QED) is 0.416. The maximum Gasteiger partial charge on any atom is 0.573 e. The minimum absolute atomic E-state index is 0.174. The predicted molar refractivity (Wildman–Crippen MR) is 116 cm³/mol. The molecule has 0 fully saturated rings. The Hall–Kier alpha value is -4.41. The fourth-order valence-corrected chi connectivity index (χ4v) is 3.08. The number of hydrogen-bond acceptors (Lipinski definition) is 6. The van der Waals surface area contributed by atoms with Crippen molar-refractivity contribution in [2.75, 3.05) is 5.32 Å². The summed E-state index contributed by atoms with van der Waals surface area (Å²) in [4.78, 5) is 12.3. The van der Waals surface area contributed by atoms with Gasteiger partial charge in [-0.15, -0.1) is 23.4 Å². The Kier molecular flexibility index (Phi) is 6.17. The van der Waals surface area contributed by atoms with E-state index in [1.165, 1.54) is 12.1 Å². The molecule has 1 amide bonds. The minimum atomic E-state index is -4.79. The van der Waals surface area contributed by atoms with E-state index in [1.54, 1.807) is 41.1 Å². The monoisotopic (exact) mass is 469 g/mol. The highest BCUT2D eigenvalue weighted by molar-refractivity contribution is 6.04. The number of nitrogens with one attached hydrogen (secondary N) is 1. The lowest BCUT2D eigenvalue weighted by atomic mass is 10.2. The topological polar surface area (TPSA) is 91.2 Å². The summed E-state index contributed by atoms with van der Waals surface area (Å²) in [5.74, 6) is 0.423. The zero-order chi connectivity index (χ0) is 24.3. The Bertz CT molecular complexity index is 1290. The third kappa shape index (κ3) is 5.68. The van der Waals surface area contributed by atoms with E-state index in [9.17, 15) is 18.0 Å². The normalized spacial score (nSPS) is 11.2. The van der Waals surface area contributed by atoms with Crippen molar-refractivity contribution >= 4 is 11.6 Å². The second-order valence-electron chi connectivity index (χ2n) is 7.22. The summed E-state index contributed by atoms with van der Waals surface area (Å²) in [7, 11) is 0. The third-order valence-corrected chi connectivity index (χ3v) is 4.54. The van der Waals surface area contributed by atoms with Crippen LogP contribution in [0.25, 0.3) is 5.82 Å². The van der Waals surface area contributed by atoms with Gasteiger partial charge in [-0.1, -0.05) is 0 Å². The molecule has 174 valence electrons. The molecule has 34 heavy (non-hydrogen) atoms. The number of rotatable bonds is 6. The van der Waals surface area contributed by atoms with Crippen LogP contribution in [-0.2, 0) is 0 Å². The summed E-state index contributed by atoms with van der Waals surface area (Å²) in [5.41, 5.74) is 2.45. The Balaban J connectivity index is 1.36. The maximum absolute atomic E-state index is 12.3. The molecule has 0 bridgehead atoms. The summed E-state index contributed by atoms with van der Waals surface area (Å²) in [6.45, 7) is 3.81. The molecule has 0 atom stereocenters. The number of aryl methyl sites for hydroxylation is 2. The van der Waals surface area contributed by atoms with Crippen molar-refractivity contribution in [1.82, 2.24) is 20.0 Å². The van der Waals surface area contributed by atoms with E-state index in [-0.39, 0.29) is 11.4 Å². The molecule has 0 unspecified atom stereocenters. The molecule has 0 saturated heterocycles. The van der Waals surface area contributed by atoms with Gasteiger partial charge in [-0.3, -0.25) is 4.79 Å². The van der Waals surface area contributed by atoms with Crippen LogP contribution < -0.4 is 14.8 Å². The van der Waals surface area contributed by atoms with Crippen LogP contribution in [0.4, 0.5) is 18.9 Å². The van der Waals surface area contributed by atoms with Crippen molar-refractivity contribution in [3.8, 4) is 23.2 Å². The molecule has 11 heteroatoms. The minimum Gasteiger partial charge on any atom is -0.438 e. The van der Waals surface area contributed by atoms with Gasteiger partial charge in [0.15, 0.2) is 5.82 Å². The number of carbonyl (C=O) groups is 1. The number of halogens is 3. The zero-order valence-electron chi connectivity index (χ0n) is 18.0. The summed E-state index contributed by atoms with van der Waals surface area (Å²) in [5, 5.41) is 15.2. The fourth-order valence-electron chi connectivity index (χ4n) is 3.08. The number of amides is 1. The van der Waals surface area contributed by atoms with Crippen molar-refractivity contribution in [3.63, 3.8) is 0 Å². The van der Waals surface area contributed by atoms with Crippen LogP contribution >= 0.6 is 0 Å². The van der Waals surface area contributed by atoms with Crippen LogP contribution in [0.2, 0.25) is 0 Å². The molecule has 4 aromatic rings. The van der Waals surface area contributed by atoms with Crippen molar-refractivity contribution < 1.29 is 27.4 Å². The molecule has 0 aliphatic rings. The molecule has 2 aromatic heterocycles. The van der Waals surface area contributed by atoms with E-state index in [0.29, 0.717) is 17.3 Å². The van der Waals surface area contributed by atoms with Gasteiger partial charge in [0, 0.05) is 23.0 Å². The molecule has 2 aromatic carbocycles. The van der Waals surface area contributed by atoms with Crippen molar-refractivity contribution in [2.24, 2.45) is 0 Å². The average Bonchev–Trinajstić information content (AvgIpc) is 3.13. The first-order valence-corrected chi connectivity index (χ1v) is 9.99. The highest BCUT2D eigenvalue weighted by Crippen LogP contribution is 2.24. The van der Waals surface area contributed by atoms with Gasteiger partial charge < -0.3 is 14.8 Å². The van der Waals surface area contributed by atoms with Gasteiger partial charge >= 0.3 is 6.36 Å². The van der Waals surface area contributed by atoms with Gasteiger partial charge in [-0.05, 0) is 74.5 Å². The van der Waals surface area contributed by atoms with Gasteiger partial charge in [-0.25, -0.2) is 4.68 Å². The first-order chi connectivity index (χ1) is 16.2. The highest BCUT2D eigenvalue weighted by atomic mass is 19.4. The molecule has 1 N–H and O–H groups in total. The SMILES string of the molecule is Cc1cc(C)n(-c2ccc(Oc3ccc(NC(=O)c4ccc(OC(F)(F)F)cc4)cc3)nn2)n1. The molecule has 8 nitrogen and oxygen atoms in total. The molecule has 0 saturated carbocycles. The number of nitrogens with zero attached hydrogens (tertiary/aromatic N) is 4. The summed E-state index contributed by atoms with van der Waals surface area (Å²) in [6.07, 6.45) is -4.79. The Labute approximate surface area is 192 Å². The van der Waals surface area contributed by atoms with E-state index >= 15 is 0 Å². The van der Waals surface area contributed by atoms with E-state index in [4.69, 9.17) is 4.74 Å². The molecular weight excluding hydrogens is 451 g/mol. The number of hydrogen-bond donors (Lipinski definition) is 1. The van der Waals surface area contributed by atoms with Crippen LogP contribution in [-0.4, -0.2) is 32.2 Å². The molecule has 0 radical (unpaired) electrons. The zero-order valence-corrected chi connectivity index (χ0v) is 18.0. The molecule has 0 spiro atoms. The maximum atomic E-state index is 12.3. The van der Waals surface area contributed by atoms with Gasteiger partial charge in [0.1, 0.15) is 11.5 Å². The number of benzene rings is 2. The van der Waals surface area contributed by atoms with Gasteiger partial charge in [0.25, 0.3) is 5.91 Å². The molecular formula is C23H18F3N5O3. The van der Waals surface area contributed by atoms with E-state index in [1.807, 2.05) is 19.9 Å². The molecule has 4 rings (SSSR count). The van der Waals surface area contributed by atoms with Gasteiger partial charge in [0.2, 0.25) is 5.88 Å². The number of ether oxygens (including phenoxy) is 2. The standard InChI is InChI=1S/C23H18F3N5O3/c1-14-13-15(2)31(30-14)20-11-12-21(29-28-20)33-18-9-5-17(6-10-18)27-22(32)16-3-7-19(8-4-16)34-23(24,25)26/h3-13H,1-2H3,(H,27,32). The van der Waals surface area contributed by atoms with Crippen molar-refractivity contribution in [2.45, 2.75) is 20.2 Å². The molecule has 0 aliphatic carbocycles. The lowest BCUT2D eigenvalue weighted by molar-refractivity contribution is -0.274. The van der Waals surface area contributed by atoms with Crippen molar-refractivity contribution in [1.29, 1.82) is 0 Å². The number of aromatic nitrogens is 4. The first-order valence-electron chi connectivity index (χ1n) is 9.99. The number of alkyl halides is 3. The highest BCUT2D eigenvalue weighted by Gasteiger charge is 2.31. The second kappa shape index (κ2) is 9.22. The predicted octanol–water partition coefficient (Wildman–Crippen LogP) is 5.22. The summed E-state index contributed by atoms with van der Waals surface area (Å²) >= 11 is 0. The lowest BCUT2D eigenvalue weighted by Crippen LogP contribution is -2.17. The molecule has 2 heterocycles. The summed E-state index contributed by atoms with van der Waals surface area (Å²) in [6, 6.07) is 16.5. The Morgan fingerprint density at radius 2 is 1.59 bits per heavy atom. The van der Waals surface area contributed by atoms with Crippen LogP contribution in [0, 0.1) is 13.8 Å². The van der Waals surface area contributed by atoms with E-state index in [0.717, 1.165) is 23.5 Å². The van der Waals surface area contributed by atoms with Gasteiger partial charge in [0.05, 0.1) is 5.69 Å². The average molecular weight is 469 g/mol. The first kappa shape index (κ1) is 22.8. The van der Waals surface area contributed by atoms with Gasteiger partial charge in [-0.2, -0.15) is 5.10 Å². The van der Waals surface area contributed by atoms with Crippen LogP contribution in [0.3, 0.4) is 0 Å². The van der Waals surface area contributed by atoms with Crippen LogP contribution in [0.1, 0.15) is 21.7 Å². The smallest absolute Gasteiger partial charge is 0.438 e. The van der Waals surface area contributed by atoms with Crippen molar-refractivity contribution in [3.05, 3.63) is 83.7 Å². The van der Waals surface area contributed by atoms with Crippen LogP contribution in [0.15, 0.2) is 66.7 Å². The second-order valence-corrected chi connectivity index (χ2v) is 7.22.